The van der Waals surface area contributed by atoms with E-state index in [1.807, 2.05) is 0 Å². The van der Waals surface area contributed by atoms with E-state index in [2.05, 4.69) is 5.32 Å². The van der Waals surface area contributed by atoms with Gasteiger partial charge in [-0.1, -0.05) is 0 Å². The van der Waals surface area contributed by atoms with E-state index in [4.69, 9.17) is 19.7 Å². The third kappa shape index (κ3) is 3.41. The summed E-state index contributed by atoms with van der Waals surface area (Å²) in [5.41, 5.74) is 0. The predicted octanol–water partition coefficient (Wildman–Crippen LogP) is -5.14. The molecular weight excluding hydrogens is 302 g/mol. The minimum Gasteiger partial charge on any atom is -0.395 e. The van der Waals surface area contributed by atoms with Gasteiger partial charge in [-0.05, 0) is 0 Å². The Morgan fingerprint density at radius 2 is 1.59 bits per heavy atom. The van der Waals surface area contributed by atoms with E-state index >= 15 is 0 Å². The third-order valence-electron chi connectivity index (χ3n) is 4.05. The molecule has 2 rings (SSSR count). The van der Waals surface area contributed by atoms with Crippen molar-refractivity contribution in [1.29, 1.82) is 0 Å². The Hall–Kier alpha value is -0.400. The van der Waals surface area contributed by atoms with Crippen molar-refractivity contribution in [2.45, 2.75) is 55.1 Å². The number of aliphatic hydroxyl groups is 7. The molecule has 0 amide bonds. The van der Waals surface area contributed by atoms with Gasteiger partial charge in [0.05, 0.1) is 25.4 Å². The van der Waals surface area contributed by atoms with Crippen LogP contribution in [0, 0.1) is 0 Å². The second-order valence-corrected chi connectivity index (χ2v) is 5.55. The minimum atomic E-state index is -1.63. The number of nitrogens with one attached hydrogen (secondary N) is 1. The van der Waals surface area contributed by atoms with Crippen LogP contribution in [0.25, 0.3) is 0 Å². The minimum absolute atomic E-state index is 0.0460. The predicted molar refractivity (Wildman–Crippen MR) is 69.5 cm³/mol. The summed E-state index contributed by atoms with van der Waals surface area (Å²) in [5, 5.41) is 70.1. The van der Waals surface area contributed by atoms with Crippen LogP contribution in [0.15, 0.2) is 0 Å². The van der Waals surface area contributed by atoms with Gasteiger partial charge in [-0.3, -0.25) is 0 Å². The van der Waals surface area contributed by atoms with E-state index in [1.54, 1.807) is 0 Å². The van der Waals surface area contributed by atoms with Crippen molar-refractivity contribution in [1.82, 2.24) is 5.32 Å². The monoisotopic (exact) mass is 325 g/mol. The summed E-state index contributed by atoms with van der Waals surface area (Å²) < 4.78 is 10.5. The molecule has 0 aromatic carbocycles. The summed E-state index contributed by atoms with van der Waals surface area (Å²) in [4.78, 5) is 0. The Labute approximate surface area is 126 Å². The maximum Gasteiger partial charge on any atom is 0.187 e. The Balaban J connectivity index is 2.07. The molecule has 0 bridgehead atoms. The van der Waals surface area contributed by atoms with Gasteiger partial charge in [0.1, 0.15) is 36.6 Å². The average Bonchev–Trinajstić information content (AvgIpc) is 2.51. The molecule has 10 heteroatoms. The van der Waals surface area contributed by atoms with Crippen molar-refractivity contribution in [3.05, 3.63) is 0 Å². The van der Waals surface area contributed by atoms with Crippen molar-refractivity contribution in [3.8, 4) is 0 Å². The van der Waals surface area contributed by atoms with Crippen LogP contribution in [0.4, 0.5) is 0 Å². The molecule has 9 atom stereocenters. The number of hydrogen-bond acceptors (Lipinski definition) is 10. The van der Waals surface area contributed by atoms with Gasteiger partial charge in [-0.2, -0.15) is 0 Å². The first kappa shape index (κ1) is 17.9. The molecule has 22 heavy (non-hydrogen) atoms. The summed E-state index contributed by atoms with van der Waals surface area (Å²) in [6.45, 7) is -0.950. The maximum atomic E-state index is 10.1. The van der Waals surface area contributed by atoms with Crippen LogP contribution < -0.4 is 5.32 Å². The van der Waals surface area contributed by atoms with Gasteiger partial charge in [-0.15, -0.1) is 0 Å². The maximum absolute atomic E-state index is 10.1. The smallest absolute Gasteiger partial charge is 0.187 e. The molecule has 2 saturated heterocycles. The first-order valence-electron chi connectivity index (χ1n) is 7.07. The lowest BCUT2D eigenvalue weighted by Crippen LogP contribution is -2.65. The normalized spacial score (nSPS) is 50.0. The number of piperidine rings is 1. The SMILES string of the molecule is OC[C@H]1NC[C@@H](O)[C@@H](O[C@H]2O[C@H](CO)[C@H](O)[C@H](O)[C@H]2O)[C@@H]1O. The molecule has 2 fully saturated rings. The standard InChI is InChI=1S/C12H23NO9/c14-2-4-7(17)11(5(16)1-13-4)22-12-10(20)9(19)8(18)6(3-15)21-12/h4-20H,1-3H2/t4-,5-,6-,7-,8+,9+,10-,11-,12-/m1/s1. The first-order chi connectivity index (χ1) is 10.4. The van der Waals surface area contributed by atoms with Gasteiger partial charge in [0, 0.05) is 6.54 Å². The van der Waals surface area contributed by atoms with Crippen LogP contribution in [0.1, 0.15) is 0 Å². The molecule has 2 aliphatic rings. The quantitative estimate of drug-likeness (QED) is 0.250. The van der Waals surface area contributed by atoms with E-state index in [9.17, 15) is 25.5 Å². The molecule has 8 N–H and O–H groups in total. The highest BCUT2D eigenvalue weighted by molar-refractivity contribution is 4.95. The number of hydrogen-bond donors (Lipinski definition) is 8. The second kappa shape index (κ2) is 7.45. The average molecular weight is 325 g/mol. The summed E-state index contributed by atoms with van der Waals surface area (Å²) in [5.74, 6) is 0. The van der Waals surface area contributed by atoms with Gasteiger partial charge >= 0.3 is 0 Å². The molecule has 0 saturated carbocycles. The topological polar surface area (TPSA) is 172 Å². The van der Waals surface area contributed by atoms with E-state index in [-0.39, 0.29) is 13.2 Å². The summed E-state index contributed by atoms with van der Waals surface area (Å²) in [6, 6.07) is -0.724. The molecule has 130 valence electrons. The Morgan fingerprint density at radius 1 is 0.909 bits per heavy atom. The highest BCUT2D eigenvalue weighted by Crippen LogP contribution is 2.25. The van der Waals surface area contributed by atoms with Gasteiger partial charge in [0.2, 0.25) is 0 Å². The number of rotatable bonds is 4. The summed E-state index contributed by atoms with van der Waals surface area (Å²) in [7, 11) is 0. The van der Waals surface area contributed by atoms with E-state index in [0.717, 1.165) is 0 Å². The third-order valence-corrected chi connectivity index (χ3v) is 4.05. The van der Waals surface area contributed by atoms with E-state index in [1.165, 1.54) is 0 Å². The van der Waals surface area contributed by atoms with Crippen molar-refractivity contribution in [3.63, 3.8) is 0 Å². The molecule has 2 heterocycles. The molecule has 2 aliphatic heterocycles. The van der Waals surface area contributed by atoms with Crippen molar-refractivity contribution >= 4 is 0 Å². The van der Waals surface area contributed by atoms with E-state index < -0.39 is 61.7 Å². The summed E-state index contributed by atoms with van der Waals surface area (Å²) in [6.07, 6.45) is -10.9. The fraction of sp³-hybridized carbons (Fsp3) is 1.00. The zero-order chi connectivity index (χ0) is 16.4. The van der Waals surface area contributed by atoms with Crippen LogP contribution in [-0.4, -0.2) is 111 Å². The van der Waals surface area contributed by atoms with Crippen molar-refractivity contribution in [2.75, 3.05) is 19.8 Å². The molecular formula is C12H23NO9. The van der Waals surface area contributed by atoms with Gasteiger partial charge in [0.25, 0.3) is 0 Å². The van der Waals surface area contributed by atoms with Crippen LogP contribution in [-0.2, 0) is 9.47 Å². The van der Waals surface area contributed by atoms with Crippen LogP contribution in [0.3, 0.4) is 0 Å². The lowest BCUT2D eigenvalue weighted by atomic mass is 9.95. The highest BCUT2D eigenvalue weighted by atomic mass is 16.7. The fourth-order valence-corrected chi connectivity index (χ4v) is 2.64. The second-order valence-electron chi connectivity index (χ2n) is 5.55. The molecule has 10 nitrogen and oxygen atoms in total. The lowest BCUT2D eigenvalue weighted by molar-refractivity contribution is -0.326. The fourth-order valence-electron chi connectivity index (χ4n) is 2.64. The Kier molecular flexibility index (Phi) is 6.07. The van der Waals surface area contributed by atoms with Crippen molar-refractivity contribution < 1.29 is 45.2 Å². The molecule has 0 unspecified atom stereocenters. The van der Waals surface area contributed by atoms with Gasteiger partial charge in [-0.25, -0.2) is 0 Å². The molecule has 0 aromatic rings. The number of aliphatic hydroxyl groups excluding tert-OH is 7. The molecule has 0 aromatic heterocycles. The van der Waals surface area contributed by atoms with Crippen LogP contribution in [0.5, 0.6) is 0 Å². The Bertz CT molecular complexity index is 357. The molecule has 0 aliphatic carbocycles. The zero-order valence-corrected chi connectivity index (χ0v) is 11.8. The van der Waals surface area contributed by atoms with Crippen molar-refractivity contribution in [2.24, 2.45) is 0 Å². The van der Waals surface area contributed by atoms with Gasteiger partial charge in [0.15, 0.2) is 6.29 Å². The zero-order valence-electron chi connectivity index (χ0n) is 11.8. The summed E-state index contributed by atoms with van der Waals surface area (Å²) >= 11 is 0. The van der Waals surface area contributed by atoms with E-state index in [0.29, 0.717) is 0 Å². The Morgan fingerprint density at radius 3 is 2.18 bits per heavy atom. The number of β-amino-alcohol motifs (C(OH)–C–C–N with tert-alkyl or cyclic N) is 1. The largest absolute Gasteiger partial charge is 0.395 e. The molecule has 0 spiro atoms. The highest BCUT2D eigenvalue weighted by Gasteiger charge is 2.47. The van der Waals surface area contributed by atoms with Gasteiger partial charge < -0.3 is 50.5 Å². The first-order valence-corrected chi connectivity index (χ1v) is 7.07. The van der Waals surface area contributed by atoms with Crippen LogP contribution in [0.2, 0.25) is 0 Å². The molecule has 0 radical (unpaired) electrons. The number of ether oxygens (including phenoxy) is 2. The lowest BCUT2D eigenvalue weighted by Gasteiger charge is -2.44. The van der Waals surface area contributed by atoms with Crippen LogP contribution >= 0.6 is 0 Å².